The number of aliphatic carboxylic acids is 1. The number of carbonyl (C=O) groups is 1. The highest BCUT2D eigenvalue weighted by Gasteiger charge is 2.34. The Balaban J connectivity index is 0.000000366. The van der Waals surface area contributed by atoms with Gasteiger partial charge in [-0.2, -0.15) is 5.10 Å². The van der Waals surface area contributed by atoms with E-state index in [-0.39, 0.29) is 12.0 Å². The number of benzene rings is 2. The molecule has 1 saturated carbocycles. The van der Waals surface area contributed by atoms with Crippen LogP contribution in [0.3, 0.4) is 0 Å². The molecule has 1 aliphatic carbocycles. The van der Waals surface area contributed by atoms with Gasteiger partial charge in [-0.05, 0) is 75.7 Å². The molecule has 2 aliphatic heterocycles. The van der Waals surface area contributed by atoms with Gasteiger partial charge in [0.2, 0.25) is 0 Å². The third kappa shape index (κ3) is 5.90. The van der Waals surface area contributed by atoms with Gasteiger partial charge in [-0.15, -0.1) is 0 Å². The van der Waals surface area contributed by atoms with E-state index in [1.54, 1.807) is 6.07 Å². The average Bonchev–Trinajstić information content (AvgIpc) is 3.19. The molecule has 0 bridgehead atoms. The highest BCUT2D eigenvalue weighted by Crippen LogP contribution is 2.39. The van der Waals surface area contributed by atoms with E-state index in [9.17, 15) is 4.79 Å². The van der Waals surface area contributed by atoms with Crippen LogP contribution < -0.4 is 15.0 Å². The summed E-state index contributed by atoms with van der Waals surface area (Å²) in [5.41, 5.74) is 3.19. The molecule has 0 spiro atoms. The maximum absolute atomic E-state index is 9.98. The first-order valence-electron chi connectivity index (χ1n) is 13.6. The zero-order valence-corrected chi connectivity index (χ0v) is 23.5. The molecular formula is C29H36Cl2N4O3. The number of halogens is 2. The molecule has 0 amide bonds. The van der Waals surface area contributed by atoms with Gasteiger partial charge >= 0.3 is 5.97 Å². The third-order valence-electron chi connectivity index (χ3n) is 8.25. The van der Waals surface area contributed by atoms with Crippen LogP contribution in [0.15, 0.2) is 36.5 Å². The molecule has 3 aromatic rings. The number of piperidine rings is 1. The van der Waals surface area contributed by atoms with Crippen LogP contribution in [0.1, 0.15) is 50.7 Å². The predicted molar refractivity (Wildman–Crippen MR) is 152 cm³/mol. The molecule has 1 unspecified atom stereocenters. The minimum atomic E-state index is -0.619. The largest absolute Gasteiger partial charge is 0.485 e. The van der Waals surface area contributed by atoms with Crippen molar-refractivity contribution in [2.24, 2.45) is 24.8 Å². The van der Waals surface area contributed by atoms with Crippen LogP contribution in [-0.2, 0) is 11.8 Å². The van der Waals surface area contributed by atoms with Gasteiger partial charge in [-0.1, -0.05) is 35.7 Å². The molecule has 2 aromatic carbocycles. The minimum absolute atomic E-state index is 0.000000000000000444. The van der Waals surface area contributed by atoms with Gasteiger partial charge in [0.15, 0.2) is 0 Å². The lowest BCUT2D eigenvalue weighted by atomic mass is 9.81. The van der Waals surface area contributed by atoms with Crippen LogP contribution >= 0.6 is 23.2 Å². The van der Waals surface area contributed by atoms with Crippen molar-refractivity contribution in [1.82, 2.24) is 15.1 Å². The van der Waals surface area contributed by atoms with E-state index >= 15 is 0 Å². The van der Waals surface area contributed by atoms with Gasteiger partial charge in [0.25, 0.3) is 0 Å². The van der Waals surface area contributed by atoms with Crippen molar-refractivity contribution in [3.63, 3.8) is 0 Å². The highest BCUT2D eigenvalue weighted by molar-refractivity contribution is 6.35. The molecule has 9 heteroatoms. The molecule has 1 aromatic heterocycles. The molecule has 3 aliphatic rings. The molecule has 204 valence electrons. The number of hydrogen-bond acceptors (Lipinski definition) is 5. The molecule has 2 N–H and O–H groups in total. The molecule has 7 nitrogen and oxygen atoms in total. The number of ether oxygens (including phenoxy) is 1. The summed E-state index contributed by atoms with van der Waals surface area (Å²) in [5, 5.41) is 18.5. The number of aromatic nitrogens is 2. The summed E-state index contributed by atoms with van der Waals surface area (Å²) >= 11 is 12.5. The third-order valence-corrected chi connectivity index (χ3v) is 8.81. The predicted octanol–water partition coefficient (Wildman–Crippen LogP) is 6.33. The number of anilines is 1. The van der Waals surface area contributed by atoms with Crippen molar-refractivity contribution in [2.45, 2.75) is 45.1 Å². The SMILES string of the molecule is CC(Oc1cc(N2CC([C@H]3CCCNC3)C2)cc2c1cnn2C)c1ccc(Cl)cc1Cl.O=C(O)C1CCC1. The maximum atomic E-state index is 9.98. The monoisotopic (exact) mass is 558 g/mol. The van der Waals surface area contributed by atoms with Crippen LogP contribution in [0.25, 0.3) is 10.9 Å². The zero-order chi connectivity index (χ0) is 26.8. The number of fused-ring (bicyclic) bond motifs is 1. The van der Waals surface area contributed by atoms with Gasteiger partial charge < -0.3 is 20.1 Å². The lowest BCUT2D eigenvalue weighted by molar-refractivity contribution is -0.144. The molecule has 2 atom stereocenters. The van der Waals surface area contributed by atoms with Crippen molar-refractivity contribution >= 4 is 45.8 Å². The maximum Gasteiger partial charge on any atom is 0.306 e. The Morgan fingerprint density at radius 2 is 1.92 bits per heavy atom. The highest BCUT2D eigenvalue weighted by atomic mass is 35.5. The number of hydrogen-bond donors (Lipinski definition) is 2. The first-order valence-corrected chi connectivity index (χ1v) is 14.3. The number of rotatable bonds is 6. The fourth-order valence-corrected chi connectivity index (χ4v) is 6.09. The van der Waals surface area contributed by atoms with E-state index in [0.29, 0.717) is 10.0 Å². The summed E-state index contributed by atoms with van der Waals surface area (Å²) < 4.78 is 8.34. The molecule has 0 radical (unpaired) electrons. The van der Waals surface area contributed by atoms with Crippen LogP contribution in [0.2, 0.25) is 10.0 Å². The van der Waals surface area contributed by atoms with E-state index < -0.39 is 5.97 Å². The van der Waals surface area contributed by atoms with Crippen LogP contribution in [0, 0.1) is 17.8 Å². The lowest BCUT2D eigenvalue weighted by Crippen LogP contribution is -2.53. The first kappa shape index (κ1) is 27.1. The van der Waals surface area contributed by atoms with Crippen molar-refractivity contribution in [1.29, 1.82) is 0 Å². The fourth-order valence-electron chi connectivity index (χ4n) is 5.53. The Kier molecular flexibility index (Phi) is 8.36. The number of carboxylic acid groups (broad SMARTS) is 1. The van der Waals surface area contributed by atoms with Crippen molar-refractivity contribution in [2.75, 3.05) is 31.1 Å². The Labute approximate surface area is 234 Å². The Hall–Kier alpha value is -2.48. The van der Waals surface area contributed by atoms with Crippen LogP contribution in [-0.4, -0.2) is 47.0 Å². The summed E-state index contributed by atoms with van der Waals surface area (Å²) in [6, 6.07) is 9.91. The van der Waals surface area contributed by atoms with Gasteiger partial charge in [0.05, 0.1) is 23.0 Å². The first-order chi connectivity index (χ1) is 18.3. The minimum Gasteiger partial charge on any atom is -0.485 e. The Morgan fingerprint density at radius 3 is 2.53 bits per heavy atom. The summed E-state index contributed by atoms with van der Waals surface area (Å²) in [4.78, 5) is 12.4. The molecular weight excluding hydrogens is 523 g/mol. The van der Waals surface area contributed by atoms with Gasteiger partial charge in [-0.3, -0.25) is 9.48 Å². The second-order valence-electron chi connectivity index (χ2n) is 10.8. The molecule has 6 rings (SSSR count). The fraction of sp³-hybridized carbons (Fsp3) is 0.517. The molecule has 38 heavy (non-hydrogen) atoms. The number of aryl methyl sites for hydroxylation is 1. The Morgan fingerprint density at radius 1 is 1.13 bits per heavy atom. The topological polar surface area (TPSA) is 79.6 Å². The summed E-state index contributed by atoms with van der Waals surface area (Å²) in [6.45, 7) is 6.55. The zero-order valence-electron chi connectivity index (χ0n) is 22.0. The number of carboxylic acids is 1. The number of nitrogens with zero attached hydrogens (tertiary/aromatic N) is 3. The van der Waals surface area contributed by atoms with Gasteiger partial charge in [0.1, 0.15) is 11.9 Å². The van der Waals surface area contributed by atoms with E-state index in [4.69, 9.17) is 33.0 Å². The normalized spacial score (nSPS) is 20.7. The summed E-state index contributed by atoms with van der Waals surface area (Å²) in [5.74, 6) is 1.78. The lowest BCUT2D eigenvalue weighted by Gasteiger charge is -2.46. The van der Waals surface area contributed by atoms with Crippen molar-refractivity contribution in [3.8, 4) is 5.75 Å². The molecule has 3 fully saturated rings. The standard InChI is InChI=1S/C24H28Cl2N4O.C5H8O2/c1-15(20-6-5-18(25)8-22(20)26)31-24-10-19(9-23-21(24)12-28-29(23)2)30-13-17(14-30)16-4-3-7-27-11-16;6-5(7)4-2-1-3-4/h5-6,8-10,12,15-17,27H,3-4,7,11,13-14H2,1-2H3;4H,1-3H2,(H,6,7)/t15?,16-;/m0./s1. The van der Waals surface area contributed by atoms with E-state index in [1.807, 2.05) is 37.0 Å². The van der Waals surface area contributed by atoms with Gasteiger partial charge in [0, 0.05) is 47.5 Å². The molecule has 2 saturated heterocycles. The average molecular weight is 560 g/mol. The van der Waals surface area contributed by atoms with E-state index in [0.717, 1.165) is 72.9 Å². The quantitative estimate of drug-likeness (QED) is 0.368. The van der Waals surface area contributed by atoms with Crippen LogP contribution in [0.4, 0.5) is 5.69 Å². The Bertz CT molecular complexity index is 1280. The second-order valence-corrected chi connectivity index (χ2v) is 11.7. The smallest absolute Gasteiger partial charge is 0.306 e. The van der Waals surface area contributed by atoms with Crippen LogP contribution in [0.5, 0.6) is 5.75 Å². The summed E-state index contributed by atoms with van der Waals surface area (Å²) in [6.07, 6.45) is 7.21. The summed E-state index contributed by atoms with van der Waals surface area (Å²) in [7, 11) is 1.97. The number of nitrogens with one attached hydrogen (secondary N) is 1. The molecule has 3 heterocycles. The van der Waals surface area contributed by atoms with Gasteiger partial charge in [-0.25, -0.2) is 0 Å². The van der Waals surface area contributed by atoms with Crippen molar-refractivity contribution in [3.05, 3.63) is 52.1 Å². The second kappa shape index (κ2) is 11.7. The van der Waals surface area contributed by atoms with E-state index in [2.05, 4.69) is 27.4 Å². The van der Waals surface area contributed by atoms with Crippen molar-refractivity contribution < 1.29 is 14.6 Å². The van der Waals surface area contributed by atoms with E-state index in [1.165, 1.54) is 25.1 Å².